The lowest BCUT2D eigenvalue weighted by molar-refractivity contribution is -0.122. The van der Waals surface area contributed by atoms with Crippen LogP contribution in [0, 0.1) is 5.92 Å². The lowest BCUT2D eigenvalue weighted by atomic mass is 10.2. The van der Waals surface area contributed by atoms with E-state index in [0.717, 1.165) is 24.2 Å². The maximum Gasteiger partial charge on any atom is 0.223 e. The van der Waals surface area contributed by atoms with E-state index in [4.69, 9.17) is 0 Å². The molecular weight excluding hydrogens is 228 g/mol. The van der Waals surface area contributed by atoms with Gasteiger partial charge in [-0.25, -0.2) is 9.67 Å². The summed E-state index contributed by atoms with van der Waals surface area (Å²) in [7, 11) is 0. The fourth-order valence-corrected chi connectivity index (χ4v) is 1.78. The van der Waals surface area contributed by atoms with E-state index in [1.807, 2.05) is 24.4 Å². The number of nitrogens with zero attached hydrogens (tertiary/aromatic N) is 3. The molecule has 5 heteroatoms. The van der Waals surface area contributed by atoms with Crippen LogP contribution in [0.2, 0.25) is 0 Å². The summed E-state index contributed by atoms with van der Waals surface area (Å²) >= 11 is 0. The van der Waals surface area contributed by atoms with E-state index < -0.39 is 0 Å². The SMILES string of the molecule is O=C(NCc1ccnc(-n2cccn2)c1)C1CC1. The standard InChI is InChI=1S/C13H14N4O/c18-13(11-2-3-11)15-9-10-4-6-14-12(8-10)17-7-1-5-16-17/h1,4-8,11H,2-3,9H2,(H,15,18). The van der Waals surface area contributed by atoms with Gasteiger partial charge in [-0.3, -0.25) is 4.79 Å². The van der Waals surface area contributed by atoms with Gasteiger partial charge in [0.25, 0.3) is 0 Å². The van der Waals surface area contributed by atoms with E-state index >= 15 is 0 Å². The number of carbonyl (C=O) groups is 1. The summed E-state index contributed by atoms with van der Waals surface area (Å²) in [6, 6.07) is 5.68. The Bertz CT molecular complexity index is 546. The van der Waals surface area contributed by atoms with Crippen LogP contribution in [0.4, 0.5) is 0 Å². The molecule has 0 unspecified atom stereocenters. The minimum atomic E-state index is 0.160. The average molecular weight is 242 g/mol. The first-order valence-corrected chi connectivity index (χ1v) is 6.05. The van der Waals surface area contributed by atoms with Gasteiger partial charge in [-0.05, 0) is 36.6 Å². The van der Waals surface area contributed by atoms with Gasteiger partial charge in [0.15, 0.2) is 5.82 Å². The van der Waals surface area contributed by atoms with Crippen molar-refractivity contribution in [1.29, 1.82) is 0 Å². The first-order chi connectivity index (χ1) is 8.83. The molecule has 1 N–H and O–H groups in total. The summed E-state index contributed by atoms with van der Waals surface area (Å²) in [4.78, 5) is 15.8. The Morgan fingerprint density at radius 2 is 2.33 bits per heavy atom. The summed E-state index contributed by atoms with van der Waals surface area (Å²) < 4.78 is 1.70. The highest BCUT2D eigenvalue weighted by Crippen LogP contribution is 2.28. The van der Waals surface area contributed by atoms with Crippen LogP contribution < -0.4 is 5.32 Å². The molecule has 3 rings (SSSR count). The van der Waals surface area contributed by atoms with Gasteiger partial charge in [-0.15, -0.1) is 0 Å². The van der Waals surface area contributed by atoms with Crippen molar-refractivity contribution in [3.05, 3.63) is 42.4 Å². The van der Waals surface area contributed by atoms with E-state index in [1.165, 1.54) is 0 Å². The summed E-state index contributed by atoms with van der Waals surface area (Å²) in [5.74, 6) is 1.17. The van der Waals surface area contributed by atoms with E-state index in [2.05, 4.69) is 15.4 Å². The molecular formula is C13H14N4O. The molecule has 0 aromatic carbocycles. The van der Waals surface area contributed by atoms with Gasteiger partial charge in [0.1, 0.15) is 0 Å². The van der Waals surface area contributed by atoms with Gasteiger partial charge in [-0.2, -0.15) is 5.10 Å². The smallest absolute Gasteiger partial charge is 0.223 e. The lowest BCUT2D eigenvalue weighted by Gasteiger charge is -2.06. The molecule has 5 nitrogen and oxygen atoms in total. The number of hydrogen-bond donors (Lipinski definition) is 1. The number of aromatic nitrogens is 3. The van der Waals surface area contributed by atoms with Crippen LogP contribution in [-0.2, 0) is 11.3 Å². The van der Waals surface area contributed by atoms with Crippen molar-refractivity contribution in [2.75, 3.05) is 0 Å². The monoisotopic (exact) mass is 242 g/mol. The highest BCUT2D eigenvalue weighted by atomic mass is 16.2. The maximum absolute atomic E-state index is 11.5. The Kier molecular flexibility index (Phi) is 2.80. The number of pyridine rings is 1. The fraction of sp³-hybridized carbons (Fsp3) is 0.308. The number of nitrogens with one attached hydrogen (secondary N) is 1. The van der Waals surface area contributed by atoms with Gasteiger partial charge in [0, 0.05) is 31.1 Å². The van der Waals surface area contributed by atoms with Crippen molar-refractivity contribution in [2.24, 2.45) is 5.92 Å². The van der Waals surface area contributed by atoms with Crippen molar-refractivity contribution in [2.45, 2.75) is 19.4 Å². The van der Waals surface area contributed by atoms with Crippen LogP contribution >= 0.6 is 0 Å². The lowest BCUT2D eigenvalue weighted by Crippen LogP contribution is -2.24. The minimum absolute atomic E-state index is 0.160. The molecule has 92 valence electrons. The molecule has 1 fully saturated rings. The van der Waals surface area contributed by atoms with Crippen molar-refractivity contribution in [3.8, 4) is 5.82 Å². The van der Waals surface area contributed by atoms with Crippen molar-refractivity contribution in [3.63, 3.8) is 0 Å². The van der Waals surface area contributed by atoms with Crippen LogP contribution in [-0.4, -0.2) is 20.7 Å². The molecule has 0 saturated heterocycles. The second kappa shape index (κ2) is 4.60. The Balaban J connectivity index is 1.69. The third-order valence-electron chi connectivity index (χ3n) is 2.96. The molecule has 2 heterocycles. The zero-order valence-electron chi connectivity index (χ0n) is 9.91. The van der Waals surface area contributed by atoms with Crippen LogP contribution in [0.1, 0.15) is 18.4 Å². The van der Waals surface area contributed by atoms with Gasteiger partial charge in [-0.1, -0.05) is 0 Å². The third kappa shape index (κ3) is 2.40. The fourth-order valence-electron chi connectivity index (χ4n) is 1.78. The molecule has 0 atom stereocenters. The summed E-state index contributed by atoms with van der Waals surface area (Å²) in [6.45, 7) is 0.548. The summed E-state index contributed by atoms with van der Waals surface area (Å²) in [6.07, 6.45) is 7.34. The summed E-state index contributed by atoms with van der Waals surface area (Å²) in [5, 5.41) is 7.06. The first kappa shape index (κ1) is 11.0. The molecule has 0 spiro atoms. The zero-order valence-corrected chi connectivity index (χ0v) is 9.91. The first-order valence-electron chi connectivity index (χ1n) is 6.05. The summed E-state index contributed by atoms with van der Waals surface area (Å²) in [5.41, 5.74) is 1.03. The number of carbonyl (C=O) groups excluding carboxylic acids is 1. The van der Waals surface area contributed by atoms with Crippen molar-refractivity contribution in [1.82, 2.24) is 20.1 Å². The van der Waals surface area contributed by atoms with Gasteiger partial charge in [0.2, 0.25) is 5.91 Å². The van der Waals surface area contributed by atoms with Gasteiger partial charge in [0.05, 0.1) is 0 Å². The highest BCUT2D eigenvalue weighted by molar-refractivity contribution is 5.80. The third-order valence-corrected chi connectivity index (χ3v) is 2.96. The predicted octanol–water partition coefficient (Wildman–Crippen LogP) is 1.29. The van der Waals surface area contributed by atoms with Crippen LogP contribution in [0.25, 0.3) is 5.82 Å². The van der Waals surface area contributed by atoms with E-state index in [1.54, 1.807) is 17.1 Å². The van der Waals surface area contributed by atoms with Gasteiger partial charge >= 0.3 is 0 Å². The molecule has 0 radical (unpaired) electrons. The Morgan fingerprint density at radius 1 is 1.44 bits per heavy atom. The number of rotatable bonds is 4. The average Bonchev–Trinajstić information content (AvgIpc) is 3.11. The second-order valence-electron chi connectivity index (χ2n) is 4.46. The quantitative estimate of drug-likeness (QED) is 0.879. The molecule has 2 aromatic heterocycles. The van der Waals surface area contributed by atoms with Crippen LogP contribution in [0.3, 0.4) is 0 Å². The van der Waals surface area contributed by atoms with Crippen LogP contribution in [0.5, 0.6) is 0 Å². The molecule has 1 amide bonds. The van der Waals surface area contributed by atoms with E-state index in [-0.39, 0.29) is 11.8 Å². The predicted molar refractivity (Wildman–Crippen MR) is 65.9 cm³/mol. The van der Waals surface area contributed by atoms with Gasteiger partial charge < -0.3 is 5.32 Å². The molecule has 0 bridgehead atoms. The molecule has 0 aliphatic heterocycles. The van der Waals surface area contributed by atoms with Crippen LogP contribution in [0.15, 0.2) is 36.8 Å². The minimum Gasteiger partial charge on any atom is -0.352 e. The maximum atomic E-state index is 11.5. The normalized spacial score (nSPS) is 14.4. The Labute approximate surface area is 105 Å². The molecule has 1 aliphatic rings. The number of amides is 1. The molecule has 1 aliphatic carbocycles. The Hall–Kier alpha value is -2.17. The van der Waals surface area contributed by atoms with Crippen molar-refractivity contribution < 1.29 is 4.79 Å². The molecule has 2 aromatic rings. The Morgan fingerprint density at radius 3 is 3.06 bits per heavy atom. The van der Waals surface area contributed by atoms with Crippen molar-refractivity contribution >= 4 is 5.91 Å². The van der Waals surface area contributed by atoms with E-state index in [0.29, 0.717) is 6.54 Å². The topological polar surface area (TPSA) is 59.8 Å². The molecule has 18 heavy (non-hydrogen) atoms. The van der Waals surface area contributed by atoms with E-state index in [9.17, 15) is 4.79 Å². The largest absolute Gasteiger partial charge is 0.352 e. The highest BCUT2D eigenvalue weighted by Gasteiger charge is 2.29. The second-order valence-corrected chi connectivity index (χ2v) is 4.46. The molecule has 1 saturated carbocycles. The zero-order chi connectivity index (χ0) is 12.4. The number of hydrogen-bond acceptors (Lipinski definition) is 3.